The predicted molar refractivity (Wildman–Crippen MR) is 113 cm³/mol. The Morgan fingerprint density at radius 3 is 1.79 bits per heavy atom. The summed E-state index contributed by atoms with van der Waals surface area (Å²) in [5, 5.41) is 0. The van der Waals surface area contributed by atoms with Crippen molar-refractivity contribution >= 4 is 5.97 Å². The van der Waals surface area contributed by atoms with E-state index in [1.54, 1.807) is 0 Å². The summed E-state index contributed by atoms with van der Waals surface area (Å²) in [5.41, 5.74) is 2.65. The van der Waals surface area contributed by atoms with Crippen LogP contribution >= 0.6 is 0 Å². The van der Waals surface area contributed by atoms with E-state index in [4.69, 9.17) is 0 Å². The summed E-state index contributed by atoms with van der Waals surface area (Å²) in [5.74, 6) is -14.9. The first-order valence-corrected chi connectivity index (χ1v) is 11.1. The molecule has 9 heteroatoms. The van der Waals surface area contributed by atoms with Crippen molar-refractivity contribution < 1.29 is 40.3 Å². The lowest BCUT2D eigenvalue weighted by Crippen LogP contribution is -2.57. The molecule has 34 heavy (non-hydrogen) atoms. The van der Waals surface area contributed by atoms with Gasteiger partial charge in [-0.2, -0.15) is 30.7 Å². The first-order chi connectivity index (χ1) is 15.9. The van der Waals surface area contributed by atoms with E-state index in [0.717, 1.165) is 36.5 Å². The molecule has 2 nitrogen and oxygen atoms in total. The second-order valence-corrected chi connectivity index (χ2v) is 8.69. The Bertz CT molecular complexity index is 958. The summed E-state index contributed by atoms with van der Waals surface area (Å²) < 4.78 is 93.6. The van der Waals surface area contributed by atoms with E-state index in [0.29, 0.717) is 11.5 Å². The van der Waals surface area contributed by atoms with Gasteiger partial charge >= 0.3 is 24.0 Å². The quantitative estimate of drug-likeness (QED) is 0.222. The van der Waals surface area contributed by atoms with Gasteiger partial charge in [-0.15, -0.1) is 0 Å². The predicted octanol–water partition coefficient (Wildman–Crippen LogP) is 8.17. The Hall–Kier alpha value is -2.58. The Morgan fingerprint density at radius 1 is 0.824 bits per heavy atom. The Kier molecular flexibility index (Phi) is 7.62. The summed E-state index contributed by atoms with van der Waals surface area (Å²) in [4.78, 5) is 11.4. The number of carbonyl (C=O) groups is 1. The summed E-state index contributed by atoms with van der Waals surface area (Å²) in [6, 6.07) is 12.7. The van der Waals surface area contributed by atoms with Crippen LogP contribution in [0, 0.1) is 5.92 Å². The molecule has 0 radical (unpaired) electrons. The van der Waals surface area contributed by atoms with Gasteiger partial charge in [-0.1, -0.05) is 56.2 Å². The lowest BCUT2D eigenvalue weighted by atomic mass is 9.77. The van der Waals surface area contributed by atoms with E-state index >= 15 is 0 Å². The van der Waals surface area contributed by atoms with Crippen molar-refractivity contribution in [3.05, 3.63) is 54.1 Å². The van der Waals surface area contributed by atoms with Gasteiger partial charge in [0.1, 0.15) is 5.75 Å². The molecular formula is C25H25F7O2. The van der Waals surface area contributed by atoms with E-state index in [1.807, 2.05) is 24.3 Å². The van der Waals surface area contributed by atoms with E-state index in [1.165, 1.54) is 43.4 Å². The molecule has 2 aromatic rings. The van der Waals surface area contributed by atoms with Crippen molar-refractivity contribution in [2.24, 2.45) is 5.92 Å². The van der Waals surface area contributed by atoms with E-state index < -0.39 is 29.7 Å². The van der Waals surface area contributed by atoms with Gasteiger partial charge in [0.25, 0.3) is 0 Å². The van der Waals surface area contributed by atoms with Crippen LogP contribution in [-0.4, -0.2) is 24.0 Å². The van der Waals surface area contributed by atoms with Crippen molar-refractivity contribution in [3.63, 3.8) is 0 Å². The van der Waals surface area contributed by atoms with Gasteiger partial charge in [0.05, 0.1) is 0 Å². The molecule has 0 aromatic heterocycles. The Morgan fingerprint density at radius 2 is 1.32 bits per heavy atom. The van der Waals surface area contributed by atoms with Crippen LogP contribution < -0.4 is 4.74 Å². The van der Waals surface area contributed by atoms with Gasteiger partial charge in [-0.25, -0.2) is 4.79 Å². The zero-order chi connectivity index (χ0) is 25.1. The molecule has 0 saturated heterocycles. The number of alkyl halides is 7. The highest BCUT2D eigenvalue weighted by Crippen LogP contribution is 2.47. The molecule has 0 aliphatic heterocycles. The number of esters is 1. The highest BCUT2D eigenvalue weighted by atomic mass is 19.4. The number of ether oxygens (including phenoxy) is 1. The molecule has 1 aliphatic carbocycles. The third kappa shape index (κ3) is 5.39. The molecule has 3 rings (SSSR count). The fraction of sp³-hybridized carbons (Fsp3) is 0.480. The van der Waals surface area contributed by atoms with E-state index in [2.05, 4.69) is 11.7 Å². The average Bonchev–Trinajstić information content (AvgIpc) is 2.79. The standard InChI is InChI=1S/C25H25F7O2/c1-2-3-16-4-6-17(7-5-16)18-8-10-19(11-9-18)20-12-14-21(15-13-20)34-22(33)23(26,27)24(28,29)25(30,31)32/h8-17H,2-7H2,1H3. The first kappa shape index (κ1) is 26.0. The maximum atomic E-state index is 13.4. The molecule has 0 N–H and O–H groups in total. The van der Waals surface area contributed by atoms with Crippen LogP contribution in [0.3, 0.4) is 0 Å². The normalized spacial score (nSPS) is 19.6. The Balaban J connectivity index is 1.64. The number of rotatable bonds is 7. The van der Waals surface area contributed by atoms with Gasteiger partial charge in [0.2, 0.25) is 0 Å². The van der Waals surface area contributed by atoms with Crippen molar-refractivity contribution in [3.8, 4) is 16.9 Å². The molecule has 1 saturated carbocycles. The Labute approximate surface area is 193 Å². The van der Waals surface area contributed by atoms with Crippen molar-refractivity contribution in [2.45, 2.75) is 69.4 Å². The van der Waals surface area contributed by atoms with Gasteiger partial charge < -0.3 is 4.74 Å². The van der Waals surface area contributed by atoms with Crippen LogP contribution in [0.1, 0.15) is 56.9 Å². The second kappa shape index (κ2) is 9.96. The van der Waals surface area contributed by atoms with Crippen molar-refractivity contribution in [2.75, 3.05) is 0 Å². The third-order valence-corrected chi connectivity index (χ3v) is 6.33. The minimum Gasteiger partial charge on any atom is -0.422 e. The molecule has 186 valence electrons. The summed E-state index contributed by atoms with van der Waals surface area (Å²) in [7, 11) is 0. The number of hydrogen-bond donors (Lipinski definition) is 0. The lowest BCUT2D eigenvalue weighted by Gasteiger charge is -2.28. The molecule has 1 aliphatic rings. The lowest BCUT2D eigenvalue weighted by molar-refractivity contribution is -0.346. The minimum absolute atomic E-state index is 0.500. The highest BCUT2D eigenvalue weighted by molar-refractivity contribution is 5.81. The fourth-order valence-corrected chi connectivity index (χ4v) is 4.33. The largest absolute Gasteiger partial charge is 0.460 e. The topological polar surface area (TPSA) is 26.3 Å². The zero-order valence-electron chi connectivity index (χ0n) is 18.5. The molecule has 0 amide bonds. The van der Waals surface area contributed by atoms with Gasteiger partial charge in [-0.3, -0.25) is 0 Å². The number of benzene rings is 2. The van der Waals surface area contributed by atoms with Crippen molar-refractivity contribution in [1.82, 2.24) is 0 Å². The molecule has 0 spiro atoms. The molecule has 0 heterocycles. The average molecular weight is 490 g/mol. The van der Waals surface area contributed by atoms with E-state index in [-0.39, 0.29) is 0 Å². The number of hydrogen-bond acceptors (Lipinski definition) is 2. The number of halogens is 7. The van der Waals surface area contributed by atoms with E-state index in [9.17, 15) is 35.5 Å². The van der Waals surface area contributed by atoms with Crippen LogP contribution in [0.5, 0.6) is 5.75 Å². The molecule has 0 unspecified atom stereocenters. The second-order valence-electron chi connectivity index (χ2n) is 8.69. The van der Waals surface area contributed by atoms with Crippen molar-refractivity contribution in [1.29, 1.82) is 0 Å². The zero-order valence-corrected chi connectivity index (χ0v) is 18.5. The molecule has 2 aromatic carbocycles. The maximum Gasteiger partial charge on any atom is 0.460 e. The molecule has 0 bridgehead atoms. The number of carbonyl (C=O) groups excluding carboxylic acids is 1. The third-order valence-electron chi connectivity index (χ3n) is 6.33. The van der Waals surface area contributed by atoms with Gasteiger partial charge in [-0.05, 0) is 66.3 Å². The molecular weight excluding hydrogens is 465 g/mol. The maximum absolute atomic E-state index is 13.4. The first-order valence-electron chi connectivity index (χ1n) is 11.1. The van der Waals surface area contributed by atoms with Crippen LogP contribution in [0.4, 0.5) is 30.7 Å². The molecule has 0 atom stereocenters. The summed E-state index contributed by atoms with van der Waals surface area (Å²) in [6.45, 7) is 2.20. The molecule has 1 fully saturated rings. The smallest absolute Gasteiger partial charge is 0.422 e. The van der Waals surface area contributed by atoms with Gasteiger partial charge in [0.15, 0.2) is 0 Å². The highest BCUT2D eigenvalue weighted by Gasteiger charge is 2.77. The summed E-state index contributed by atoms with van der Waals surface area (Å²) in [6.07, 6.45) is 0.567. The fourth-order valence-electron chi connectivity index (χ4n) is 4.33. The monoisotopic (exact) mass is 490 g/mol. The minimum atomic E-state index is -6.61. The van der Waals surface area contributed by atoms with Crippen LogP contribution in [0.2, 0.25) is 0 Å². The summed E-state index contributed by atoms with van der Waals surface area (Å²) >= 11 is 0. The van der Waals surface area contributed by atoms with Crippen LogP contribution in [0.25, 0.3) is 11.1 Å². The van der Waals surface area contributed by atoms with Crippen LogP contribution in [-0.2, 0) is 4.79 Å². The van der Waals surface area contributed by atoms with Gasteiger partial charge in [0, 0.05) is 0 Å². The van der Waals surface area contributed by atoms with Crippen LogP contribution in [0.15, 0.2) is 48.5 Å². The SMILES string of the molecule is CCCC1CCC(c2ccc(-c3ccc(OC(=O)C(F)(F)C(F)(F)C(F)(F)F)cc3)cc2)CC1.